The lowest BCUT2D eigenvalue weighted by Crippen LogP contribution is -2.43. The second-order valence-corrected chi connectivity index (χ2v) is 7.98. The quantitative estimate of drug-likeness (QED) is 0.501. The zero-order valence-corrected chi connectivity index (χ0v) is 18.8. The van der Waals surface area contributed by atoms with Gasteiger partial charge in [-0.2, -0.15) is 0 Å². The van der Waals surface area contributed by atoms with Gasteiger partial charge in [-0.05, 0) is 30.2 Å². The first kappa shape index (κ1) is 22.6. The zero-order valence-electron chi connectivity index (χ0n) is 18.8. The van der Waals surface area contributed by atoms with Gasteiger partial charge in [-0.15, -0.1) is 0 Å². The minimum Gasteiger partial charge on any atom is -0.493 e. The first-order valence-corrected chi connectivity index (χ1v) is 11.0. The van der Waals surface area contributed by atoms with Gasteiger partial charge in [0.05, 0.1) is 25.8 Å². The van der Waals surface area contributed by atoms with Crippen LogP contribution in [-0.2, 0) is 16.8 Å². The Labute approximate surface area is 193 Å². The standard InChI is InChI=1S/C27H27NO5/c1-3-19-12-14-20(15-13-19)23(29)18-27(31)21-8-4-5-9-22(21)28(26(27)30)16-17-33-25-11-7-6-10-24(25)32-2/h4-15,31H,3,16-18H2,1-2H3/t27-/m1/s1. The molecule has 1 N–H and O–H groups in total. The molecule has 1 aliphatic heterocycles. The van der Waals surface area contributed by atoms with Gasteiger partial charge in [0.15, 0.2) is 22.9 Å². The molecule has 0 unspecified atom stereocenters. The normalized spacial score (nSPS) is 17.1. The van der Waals surface area contributed by atoms with Gasteiger partial charge in [0, 0.05) is 11.1 Å². The van der Waals surface area contributed by atoms with Crippen LogP contribution < -0.4 is 14.4 Å². The number of methoxy groups -OCH3 is 1. The maximum Gasteiger partial charge on any atom is 0.264 e. The third-order valence-electron chi connectivity index (χ3n) is 5.98. The molecule has 1 aliphatic rings. The van der Waals surface area contributed by atoms with Crippen LogP contribution in [0.1, 0.15) is 34.8 Å². The van der Waals surface area contributed by atoms with Gasteiger partial charge < -0.3 is 19.5 Å². The largest absolute Gasteiger partial charge is 0.493 e. The molecule has 6 nitrogen and oxygen atoms in total. The molecule has 0 saturated heterocycles. The molecule has 0 saturated carbocycles. The first-order valence-electron chi connectivity index (χ1n) is 11.0. The van der Waals surface area contributed by atoms with Crippen LogP contribution in [0.25, 0.3) is 0 Å². The van der Waals surface area contributed by atoms with Crippen molar-refractivity contribution in [2.24, 2.45) is 0 Å². The third kappa shape index (κ3) is 4.34. The van der Waals surface area contributed by atoms with Crippen LogP contribution in [0.2, 0.25) is 0 Å². The van der Waals surface area contributed by atoms with Crippen LogP contribution in [-0.4, -0.2) is 37.1 Å². The molecule has 33 heavy (non-hydrogen) atoms. The summed E-state index contributed by atoms with van der Waals surface area (Å²) in [4.78, 5) is 27.8. The molecule has 170 valence electrons. The molecule has 1 atom stereocenters. The summed E-state index contributed by atoms with van der Waals surface area (Å²) in [5.74, 6) is 0.365. The number of nitrogens with zero attached hydrogens (tertiary/aromatic N) is 1. The van der Waals surface area contributed by atoms with E-state index in [1.54, 1.807) is 55.6 Å². The Morgan fingerprint density at radius 2 is 1.64 bits per heavy atom. The molecular weight excluding hydrogens is 418 g/mol. The fourth-order valence-electron chi connectivity index (χ4n) is 4.15. The van der Waals surface area contributed by atoms with Crippen LogP contribution in [0.5, 0.6) is 11.5 Å². The number of carbonyl (C=O) groups excluding carboxylic acids is 2. The molecule has 3 aromatic carbocycles. The van der Waals surface area contributed by atoms with Crippen LogP contribution in [0, 0.1) is 0 Å². The fourth-order valence-corrected chi connectivity index (χ4v) is 4.15. The van der Waals surface area contributed by atoms with Crippen molar-refractivity contribution in [3.63, 3.8) is 0 Å². The predicted molar refractivity (Wildman–Crippen MR) is 126 cm³/mol. The van der Waals surface area contributed by atoms with Crippen molar-refractivity contribution in [1.82, 2.24) is 0 Å². The maximum absolute atomic E-state index is 13.4. The topological polar surface area (TPSA) is 76.1 Å². The number of para-hydroxylation sites is 3. The van der Waals surface area contributed by atoms with E-state index in [2.05, 4.69) is 0 Å². The summed E-state index contributed by atoms with van der Waals surface area (Å²) in [6.45, 7) is 2.46. The number of hydrogen-bond donors (Lipinski definition) is 1. The Bertz CT molecular complexity index is 1160. The summed E-state index contributed by atoms with van der Waals surface area (Å²) < 4.78 is 11.1. The van der Waals surface area contributed by atoms with E-state index < -0.39 is 11.5 Å². The minimum atomic E-state index is -1.92. The number of benzene rings is 3. The van der Waals surface area contributed by atoms with E-state index in [1.807, 2.05) is 31.2 Å². The summed E-state index contributed by atoms with van der Waals surface area (Å²) >= 11 is 0. The van der Waals surface area contributed by atoms with E-state index in [0.29, 0.717) is 28.3 Å². The monoisotopic (exact) mass is 445 g/mol. The lowest BCUT2D eigenvalue weighted by atomic mass is 9.88. The second kappa shape index (κ2) is 9.46. The van der Waals surface area contributed by atoms with E-state index in [4.69, 9.17) is 9.47 Å². The lowest BCUT2D eigenvalue weighted by Gasteiger charge is -2.23. The van der Waals surface area contributed by atoms with Gasteiger partial charge in [-0.25, -0.2) is 0 Å². The Balaban J connectivity index is 1.52. The van der Waals surface area contributed by atoms with Crippen molar-refractivity contribution in [3.05, 3.63) is 89.5 Å². The molecule has 1 heterocycles. The van der Waals surface area contributed by atoms with E-state index >= 15 is 0 Å². The Morgan fingerprint density at radius 1 is 0.970 bits per heavy atom. The molecule has 0 spiro atoms. The van der Waals surface area contributed by atoms with E-state index in [0.717, 1.165) is 12.0 Å². The van der Waals surface area contributed by atoms with E-state index in [-0.39, 0.29) is 25.4 Å². The third-order valence-corrected chi connectivity index (χ3v) is 5.98. The molecule has 0 aliphatic carbocycles. The first-order chi connectivity index (χ1) is 16.0. The number of aliphatic hydroxyl groups is 1. The Hall–Kier alpha value is -3.64. The second-order valence-electron chi connectivity index (χ2n) is 7.98. The number of anilines is 1. The number of fused-ring (bicyclic) bond motifs is 1. The summed E-state index contributed by atoms with van der Waals surface area (Å²) in [5.41, 5.74) is 0.702. The molecule has 3 aromatic rings. The molecule has 0 radical (unpaired) electrons. The summed E-state index contributed by atoms with van der Waals surface area (Å²) in [6.07, 6.45) is 0.550. The predicted octanol–water partition coefficient (Wildman–Crippen LogP) is 4.14. The molecule has 0 fully saturated rings. The number of hydrogen-bond acceptors (Lipinski definition) is 5. The highest BCUT2D eigenvalue weighted by molar-refractivity contribution is 6.10. The summed E-state index contributed by atoms with van der Waals surface area (Å²) in [5, 5.41) is 11.4. The molecular formula is C27H27NO5. The van der Waals surface area contributed by atoms with Gasteiger partial charge in [0.25, 0.3) is 5.91 Å². The van der Waals surface area contributed by atoms with Gasteiger partial charge in [-0.3, -0.25) is 9.59 Å². The number of aryl methyl sites for hydroxylation is 1. The molecule has 4 rings (SSSR count). The SMILES string of the molecule is CCc1ccc(C(=O)C[C@]2(O)C(=O)N(CCOc3ccccc3OC)c3ccccc32)cc1. The van der Waals surface area contributed by atoms with E-state index in [1.165, 1.54) is 4.90 Å². The number of rotatable bonds is 9. The average molecular weight is 446 g/mol. The fraction of sp³-hybridized carbons (Fsp3) is 0.259. The minimum absolute atomic E-state index is 0.197. The summed E-state index contributed by atoms with van der Waals surface area (Å²) in [7, 11) is 1.56. The van der Waals surface area contributed by atoms with Gasteiger partial charge in [0.2, 0.25) is 0 Å². The van der Waals surface area contributed by atoms with Crippen molar-refractivity contribution < 1.29 is 24.2 Å². The molecule has 0 bridgehead atoms. The number of Topliss-reactive ketones (excluding diaryl/α,β-unsaturated/α-hetero) is 1. The zero-order chi connectivity index (χ0) is 23.4. The van der Waals surface area contributed by atoms with Gasteiger partial charge in [-0.1, -0.05) is 61.5 Å². The van der Waals surface area contributed by atoms with Crippen molar-refractivity contribution in [2.75, 3.05) is 25.2 Å². The van der Waals surface area contributed by atoms with Crippen molar-refractivity contribution >= 4 is 17.4 Å². The van der Waals surface area contributed by atoms with Crippen LogP contribution >= 0.6 is 0 Å². The Morgan fingerprint density at radius 3 is 2.33 bits per heavy atom. The maximum atomic E-state index is 13.4. The number of amides is 1. The number of carbonyl (C=O) groups is 2. The summed E-state index contributed by atoms with van der Waals surface area (Å²) in [6, 6.07) is 21.6. The van der Waals surface area contributed by atoms with Crippen LogP contribution in [0.3, 0.4) is 0 Å². The van der Waals surface area contributed by atoms with E-state index in [9.17, 15) is 14.7 Å². The smallest absolute Gasteiger partial charge is 0.264 e. The van der Waals surface area contributed by atoms with Crippen molar-refractivity contribution in [2.45, 2.75) is 25.4 Å². The highest BCUT2D eigenvalue weighted by atomic mass is 16.5. The average Bonchev–Trinajstić information content (AvgIpc) is 3.06. The van der Waals surface area contributed by atoms with Crippen molar-refractivity contribution in [3.8, 4) is 11.5 Å². The van der Waals surface area contributed by atoms with Gasteiger partial charge >= 0.3 is 0 Å². The Kier molecular flexibility index (Phi) is 6.47. The number of ketones is 1. The van der Waals surface area contributed by atoms with Gasteiger partial charge in [0.1, 0.15) is 6.61 Å². The van der Waals surface area contributed by atoms with Crippen LogP contribution in [0.15, 0.2) is 72.8 Å². The van der Waals surface area contributed by atoms with Crippen molar-refractivity contribution in [1.29, 1.82) is 0 Å². The molecule has 1 amide bonds. The molecule has 6 heteroatoms. The molecule has 0 aromatic heterocycles. The highest BCUT2D eigenvalue weighted by Crippen LogP contribution is 2.42. The lowest BCUT2D eigenvalue weighted by molar-refractivity contribution is -0.135. The van der Waals surface area contributed by atoms with Crippen LogP contribution in [0.4, 0.5) is 5.69 Å². The number of ether oxygens (including phenoxy) is 2. The highest BCUT2D eigenvalue weighted by Gasteiger charge is 2.50.